The summed E-state index contributed by atoms with van der Waals surface area (Å²) in [6.07, 6.45) is 3.01. The molecule has 0 aromatic heterocycles. The number of esters is 1. The second-order valence-corrected chi connectivity index (χ2v) is 4.99. The fourth-order valence-corrected chi connectivity index (χ4v) is 2.40. The van der Waals surface area contributed by atoms with Crippen molar-refractivity contribution in [2.45, 2.75) is 13.3 Å². The van der Waals surface area contributed by atoms with Crippen LogP contribution in [-0.2, 0) is 9.53 Å². The normalized spacial score (nSPS) is 23.3. The predicted molar refractivity (Wildman–Crippen MR) is 71.6 cm³/mol. The van der Waals surface area contributed by atoms with Gasteiger partial charge in [0.05, 0.1) is 12.5 Å². The molecule has 1 aromatic carbocycles. The van der Waals surface area contributed by atoms with Crippen molar-refractivity contribution in [2.24, 2.45) is 11.8 Å². The maximum absolute atomic E-state index is 11.5. The van der Waals surface area contributed by atoms with E-state index in [1.54, 1.807) is 0 Å². The van der Waals surface area contributed by atoms with Gasteiger partial charge in [-0.15, -0.1) is 0 Å². The molecule has 0 heterocycles. The predicted octanol–water partition coefficient (Wildman–Crippen LogP) is 3.62. The van der Waals surface area contributed by atoms with Gasteiger partial charge in [0.1, 0.15) is 0 Å². The van der Waals surface area contributed by atoms with Crippen LogP contribution in [0.5, 0.6) is 0 Å². The average Bonchev–Trinajstić information content (AvgIpc) is 3.10. The molecule has 2 unspecified atom stereocenters. The van der Waals surface area contributed by atoms with E-state index in [1.807, 2.05) is 37.3 Å². The van der Waals surface area contributed by atoms with E-state index in [2.05, 4.69) is 22.0 Å². The minimum absolute atomic E-state index is 0.0613. The molecule has 90 valence electrons. The molecular weight excluding hydrogens is 280 g/mol. The molecule has 1 aliphatic rings. The van der Waals surface area contributed by atoms with E-state index in [0.29, 0.717) is 12.5 Å². The molecule has 0 aliphatic heterocycles. The van der Waals surface area contributed by atoms with Crippen molar-refractivity contribution in [1.82, 2.24) is 0 Å². The number of carbonyl (C=O) groups is 1. The van der Waals surface area contributed by atoms with E-state index in [1.165, 1.54) is 0 Å². The lowest BCUT2D eigenvalue weighted by atomic mass is 10.2. The Balaban J connectivity index is 1.97. The molecular formula is C14H15BrO2. The van der Waals surface area contributed by atoms with Crippen molar-refractivity contribution in [2.75, 3.05) is 6.61 Å². The summed E-state index contributed by atoms with van der Waals surface area (Å²) < 4.78 is 6.05. The number of ether oxygens (including phenoxy) is 1. The zero-order chi connectivity index (χ0) is 12.3. The average molecular weight is 295 g/mol. The summed E-state index contributed by atoms with van der Waals surface area (Å²) in [5, 5.41) is 0. The Morgan fingerprint density at radius 2 is 2.18 bits per heavy atom. The Labute approximate surface area is 110 Å². The zero-order valence-electron chi connectivity index (χ0n) is 9.73. The number of allylic oxidation sites excluding steroid dienone is 1. The number of hydrogen-bond acceptors (Lipinski definition) is 2. The standard InChI is InChI=1S/C14H15BrO2/c1-2-17-14(16)12-8-11(12)9-13(15)10-6-4-3-5-7-10/h3-7,9,11-12H,2,8H2,1H3/b13-9-. The molecule has 17 heavy (non-hydrogen) atoms. The van der Waals surface area contributed by atoms with Crippen molar-refractivity contribution in [1.29, 1.82) is 0 Å². The molecule has 3 heteroatoms. The second kappa shape index (κ2) is 5.50. The first-order valence-corrected chi connectivity index (χ1v) is 6.61. The number of benzene rings is 1. The van der Waals surface area contributed by atoms with Crippen LogP contribution in [0, 0.1) is 11.8 Å². The lowest BCUT2D eigenvalue weighted by Crippen LogP contribution is -2.06. The molecule has 2 nitrogen and oxygen atoms in total. The van der Waals surface area contributed by atoms with Crippen LogP contribution in [0.4, 0.5) is 0 Å². The molecule has 0 amide bonds. The Morgan fingerprint density at radius 3 is 2.82 bits per heavy atom. The summed E-state index contributed by atoms with van der Waals surface area (Å²) in [6.45, 7) is 2.30. The van der Waals surface area contributed by atoms with E-state index in [0.717, 1.165) is 16.5 Å². The van der Waals surface area contributed by atoms with Crippen LogP contribution in [0.25, 0.3) is 4.48 Å². The molecule has 0 spiro atoms. The first-order chi connectivity index (χ1) is 8.22. The van der Waals surface area contributed by atoms with Gasteiger partial charge in [0, 0.05) is 4.48 Å². The van der Waals surface area contributed by atoms with Crippen LogP contribution in [0.2, 0.25) is 0 Å². The Morgan fingerprint density at radius 1 is 1.47 bits per heavy atom. The van der Waals surface area contributed by atoms with Gasteiger partial charge in [0.15, 0.2) is 0 Å². The fourth-order valence-electron chi connectivity index (χ4n) is 1.80. The first kappa shape index (κ1) is 12.4. The third kappa shape index (κ3) is 3.19. The summed E-state index contributed by atoms with van der Waals surface area (Å²) in [6, 6.07) is 10.1. The van der Waals surface area contributed by atoms with Crippen molar-refractivity contribution in [3.8, 4) is 0 Å². The van der Waals surface area contributed by atoms with Crippen LogP contribution in [-0.4, -0.2) is 12.6 Å². The summed E-state index contributed by atoms with van der Waals surface area (Å²) in [4.78, 5) is 11.5. The molecule has 1 aliphatic carbocycles. The third-order valence-electron chi connectivity index (χ3n) is 2.84. The molecule has 1 saturated carbocycles. The van der Waals surface area contributed by atoms with E-state index in [9.17, 15) is 4.79 Å². The lowest BCUT2D eigenvalue weighted by molar-refractivity contribution is -0.144. The Kier molecular flexibility index (Phi) is 4.00. The quantitative estimate of drug-likeness (QED) is 0.793. The molecule has 0 saturated heterocycles. The molecule has 0 bridgehead atoms. The van der Waals surface area contributed by atoms with Crippen LogP contribution in [0.3, 0.4) is 0 Å². The Hall–Kier alpha value is -1.09. The highest BCUT2D eigenvalue weighted by molar-refractivity contribution is 9.15. The first-order valence-electron chi connectivity index (χ1n) is 5.81. The van der Waals surface area contributed by atoms with Crippen molar-refractivity contribution in [3.63, 3.8) is 0 Å². The third-order valence-corrected chi connectivity index (χ3v) is 3.56. The molecule has 0 N–H and O–H groups in total. The minimum Gasteiger partial charge on any atom is -0.466 e. The topological polar surface area (TPSA) is 26.3 Å². The second-order valence-electron chi connectivity index (χ2n) is 4.14. The molecule has 1 aromatic rings. The largest absolute Gasteiger partial charge is 0.466 e. The van der Waals surface area contributed by atoms with Crippen LogP contribution < -0.4 is 0 Å². The van der Waals surface area contributed by atoms with E-state index in [-0.39, 0.29) is 11.9 Å². The summed E-state index contributed by atoms with van der Waals surface area (Å²) in [5.74, 6) is 0.317. The Bertz CT molecular complexity index is 425. The minimum atomic E-state index is -0.0675. The van der Waals surface area contributed by atoms with Crippen LogP contribution in [0.15, 0.2) is 36.4 Å². The molecule has 0 radical (unpaired) electrons. The van der Waals surface area contributed by atoms with E-state index < -0.39 is 0 Å². The van der Waals surface area contributed by atoms with Gasteiger partial charge >= 0.3 is 5.97 Å². The van der Waals surface area contributed by atoms with Crippen molar-refractivity contribution < 1.29 is 9.53 Å². The maximum Gasteiger partial charge on any atom is 0.309 e. The highest BCUT2D eigenvalue weighted by Gasteiger charge is 2.42. The van der Waals surface area contributed by atoms with E-state index in [4.69, 9.17) is 4.74 Å². The van der Waals surface area contributed by atoms with Gasteiger partial charge in [-0.1, -0.05) is 52.3 Å². The number of carbonyl (C=O) groups excluding carboxylic acids is 1. The van der Waals surface area contributed by atoms with E-state index >= 15 is 0 Å². The number of rotatable bonds is 4. The van der Waals surface area contributed by atoms with Gasteiger partial charge in [0.2, 0.25) is 0 Å². The van der Waals surface area contributed by atoms with Crippen LogP contribution >= 0.6 is 15.9 Å². The monoisotopic (exact) mass is 294 g/mol. The van der Waals surface area contributed by atoms with Gasteiger partial charge in [0.25, 0.3) is 0 Å². The smallest absolute Gasteiger partial charge is 0.309 e. The lowest BCUT2D eigenvalue weighted by Gasteiger charge is -2.00. The van der Waals surface area contributed by atoms with Crippen molar-refractivity contribution in [3.05, 3.63) is 42.0 Å². The van der Waals surface area contributed by atoms with Crippen molar-refractivity contribution >= 4 is 26.4 Å². The summed E-state index contributed by atoms with van der Waals surface area (Å²) in [7, 11) is 0. The highest BCUT2D eigenvalue weighted by Crippen LogP contribution is 2.43. The fraction of sp³-hybridized carbons (Fsp3) is 0.357. The van der Waals surface area contributed by atoms with Crippen LogP contribution in [0.1, 0.15) is 18.9 Å². The van der Waals surface area contributed by atoms with Gasteiger partial charge < -0.3 is 4.74 Å². The van der Waals surface area contributed by atoms with Gasteiger partial charge in [-0.05, 0) is 24.8 Å². The SMILES string of the molecule is CCOC(=O)C1CC1/C=C(\Br)c1ccccc1. The summed E-state index contributed by atoms with van der Waals surface area (Å²) in [5.41, 5.74) is 1.14. The van der Waals surface area contributed by atoms with Gasteiger partial charge in [-0.25, -0.2) is 0 Å². The molecule has 2 rings (SSSR count). The van der Waals surface area contributed by atoms with Gasteiger partial charge in [-0.3, -0.25) is 4.79 Å². The molecule has 2 atom stereocenters. The summed E-state index contributed by atoms with van der Waals surface area (Å²) >= 11 is 3.55. The zero-order valence-corrected chi connectivity index (χ0v) is 11.3. The molecule has 1 fully saturated rings. The number of halogens is 1. The maximum atomic E-state index is 11.5. The van der Waals surface area contributed by atoms with Gasteiger partial charge in [-0.2, -0.15) is 0 Å². The number of hydrogen-bond donors (Lipinski definition) is 0. The highest BCUT2D eigenvalue weighted by atomic mass is 79.9.